The number of hydrogen-bond acceptors (Lipinski definition) is 6. The smallest absolute Gasteiger partial charge is 0.132 e. The van der Waals surface area contributed by atoms with Crippen LogP contribution in [0.3, 0.4) is 0 Å². The number of para-hydroxylation sites is 1. The lowest BCUT2D eigenvalue weighted by Gasteiger charge is -2.46. The average Bonchev–Trinajstić information content (AvgIpc) is 3.17. The van der Waals surface area contributed by atoms with Gasteiger partial charge < -0.3 is 10.1 Å². The zero-order valence-corrected chi connectivity index (χ0v) is 26.1. The maximum Gasteiger partial charge on any atom is 0.132 e. The second-order valence-corrected chi connectivity index (χ2v) is 12.6. The Balaban J connectivity index is 1.16. The molecule has 0 radical (unpaired) electrons. The van der Waals surface area contributed by atoms with E-state index in [1.807, 2.05) is 42.6 Å². The summed E-state index contributed by atoms with van der Waals surface area (Å²) in [6.07, 6.45) is 20.9. The summed E-state index contributed by atoms with van der Waals surface area (Å²) in [7, 11) is 0. The molecule has 0 fully saturated rings. The second-order valence-electron chi connectivity index (χ2n) is 12.6. The minimum Gasteiger partial charge on any atom is -0.457 e. The highest BCUT2D eigenvalue weighted by Gasteiger charge is 2.50. The first kappa shape index (κ1) is 28.2. The summed E-state index contributed by atoms with van der Waals surface area (Å²) in [5.74, 6) is 1.68. The lowest BCUT2D eigenvalue weighted by molar-refractivity contribution is 0.338. The van der Waals surface area contributed by atoms with Crippen LogP contribution in [-0.2, 0) is 5.41 Å². The van der Waals surface area contributed by atoms with E-state index < -0.39 is 5.41 Å². The number of fused-ring (bicyclic) bond motifs is 5. The third kappa shape index (κ3) is 4.43. The molecule has 1 aliphatic carbocycles. The fourth-order valence-corrected chi connectivity index (χ4v) is 7.76. The molecular formula is C42H31N5O. The largest absolute Gasteiger partial charge is 0.457 e. The van der Waals surface area contributed by atoms with Crippen LogP contribution in [-0.4, -0.2) is 34.5 Å². The normalized spacial score (nSPS) is 24.5. The van der Waals surface area contributed by atoms with Gasteiger partial charge in [0.2, 0.25) is 0 Å². The van der Waals surface area contributed by atoms with Crippen molar-refractivity contribution in [2.75, 3.05) is 0 Å². The highest BCUT2D eigenvalue weighted by atomic mass is 16.5. The quantitative estimate of drug-likeness (QED) is 0.253. The van der Waals surface area contributed by atoms with Crippen molar-refractivity contribution < 1.29 is 4.74 Å². The Morgan fingerprint density at radius 2 is 1.46 bits per heavy atom. The number of benzene rings is 3. The molecule has 0 saturated heterocycles. The van der Waals surface area contributed by atoms with Gasteiger partial charge >= 0.3 is 0 Å². The fourth-order valence-electron chi connectivity index (χ4n) is 7.76. The molecule has 4 aromatic rings. The zero-order chi connectivity index (χ0) is 32.1. The van der Waals surface area contributed by atoms with Crippen molar-refractivity contribution in [2.24, 2.45) is 9.98 Å². The molecule has 0 bridgehead atoms. The molecule has 230 valence electrons. The van der Waals surface area contributed by atoms with Crippen LogP contribution >= 0.6 is 0 Å². The molecule has 5 aliphatic rings. The summed E-state index contributed by atoms with van der Waals surface area (Å²) >= 11 is 0. The van der Waals surface area contributed by atoms with E-state index in [2.05, 4.69) is 109 Å². The average molecular weight is 622 g/mol. The number of nitrogens with one attached hydrogen (secondary N) is 1. The summed E-state index contributed by atoms with van der Waals surface area (Å²) < 4.78 is 6.62. The molecule has 0 spiro atoms. The highest BCUT2D eigenvalue weighted by Crippen LogP contribution is 2.54. The van der Waals surface area contributed by atoms with E-state index in [1.54, 1.807) is 0 Å². The van der Waals surface area contributed by atoms with Gasteiger partial charge in [0.25, 0.3) is 0 Å². The number of rotatable bonds is 4. The molecule has 6 heteroatoms. The monoisotopic (exact) mass is 621 g/mol. The van der Waals surface area contributed by atoms with Crippen LogP contribution in [0.2, 0.25) is 0 Å². The molecule has 4 atom stereocenters. The molecular weight excluding hydrogens is 590 g/mol. The molecule has 0 saturated carbocycles. The molecule has 4 unspecified atom stereocenters. The van der Waals surface area contributed by atoms with Gasteiger partial charge in [0, 0.05) is 28.9 Å². The molecule has 6 nitrogen and oxygen atoms in total. The van der Waals surface area contributed by atoms with Crippen molar-refractivity contribution in [3.63, 3.8) is 0 Å². The van der Waals surface area contributed by atoms with Crippen LogP contribution in [0.4, 0.5) is 0 Å². The van der Waals surface area contributed by atoms with E-state index in [1.165, 1.54) is 0 Å². The molecule has 1 aromatic heterocycles. The second kappa shape index (κ2) is 11.3. The van der Waals surface area contributed by atoms with Crippen LogP contribution < -0.4 is 10.1 Å². The number of aliphatic imine (C=N–C) groups is 2. The predicted octanol–water partition coefficient (Wildman–Crippen LogP) is 7.68. The van der Waals surface area contributed by atoms with E-state index in [-0.39, 0.29) is 18.1 Å². The van der Waals surface area contributed by atoms with Crippen LogP contribution in [0.15, 0.2) is 161 Å². The number of nitriles is 1. The predicted molar refractivity (Wildman–Crippen MR) is 189 cm³/mol. The number of pyridine rings is 1. The van der Waals surface area contributed by atoms with Gasteiger partial charge in [-0.25, -0.2) is 0 Å². The summed E-state index contributed by atoms with van der Waals surface area (Å²) in [5.41, 5.74) is 9.31. The number of hydrogen-bond donors (Lipinski definition) is 1. The molecule has 5 heterocycles. The standard InChI is InChI=1S/C42H31N5O/c43-26-27-11-13-28(14-12-27)34-20-17-29-15-16-30-18-21-35(47-41(30)40(29)46-34)31-19-22-37-33(25-31)42(38-9-3-5-23-44-38,39-10-4-6-24-45-39)32-7-1-2-8-36(32)48-37/h1-3,5-9,11-25,39-41,45H,4,10H2. The molecule has 1 N–H and O–H groups in total. The Morgan fingerprint density at radius 3 is 2.17 bits per heavy atom. The van der Waals surface area contributed by atoms with Gasteiger partial charge in [-0.15, -0.1) is 0 Å². The van der Waals surface area contributed by atoms with E-state index in [0.29, 0.717) is 5.56 Å². The molecule has 9 rings (SSSR count). The molecule has 0 amide bonds. The van der Waals surface area contributed by atoms with E-state index in [9.17, 15) is 5.26 Å². The van der Waals surface area contributed by atoms with Crippen molar-refractivity contribution in [2.45, 2.75) is 36.4 Å². The third-order valence-electron chi connectivity index (χ3n) is 10.0. The highest BCUT2D eigenvalue weighted by molar-refractivity contribution is 6.11. The molecule has 3 aromatic carbocycles. The van der Waals surface area contributed by atoms with Crippen LogP contribution in [0, 0.1) is 11.3 Å². The topological polar surface area (TPSA) is 82.7 Å². The Hall–Kier alpha value is -6.06. The van der Waals surface area contributed by atoms with Gasteiger partial charge in [0.1, 0.15) is 23.6 Å². The maximum atomic E-state index is 9.26. The van der Waals surface area contributed by atoms with Crippen LogP contribution in [0.5, 0.6) is 11.5 Å². The minimum absolute atomic E-state index is 0.0601. The number of aromatic nitrogens is 1. The summed E-state index contributed by atoms with van der Waals surface area (Å²) in [6.45, 7) is 0. The van der Waals surface area contributed by atoms with Crippen LogP contribution in [0.1, 0.15) is 46.4 Å². The summed E-state index contributed by atoms with van der Waals surface area (Å²) in [5, 5.41) is 13.0. The lowest BCUT2D eigenvalue weighted by atomic mass is 9.63. The van der Waals surface area contributed by atoms with Gasteiger partial charge in [-0.3, -0.25) is 15.0 Å². The molecule has 4 aliphatic heterocycles. The first-order valence-electron chi connectivity index (χ1n) is 16.4. The number of nitrogens with zero attached hydrogens (tertiary/aromatic N) is 4. The molecule has 48 heavy (non-hydrogen) atoms. The first-order valence-corrected chi connectivity index (χ1v) is 16.4. The van der Waals surface area contributed by atoms with E-state index >= 15 is 0 Å². The first-order chi connectivity index (χ1) is 23.7. The van der Waals surface area contributed by atoms with Gasteiger partial charge in [-0.05, 0) is 96.4 Å². The lowest BCUT2D eigenvalue weighted by Crippen LogP contribution is -2.51. The summed E-state index contributed by atoms with van der Waals surface area (Å²) in [4.78, 5) is 15.6. The Labute approximate surface area is 279 Å². The Kier molecular flexibility index (Phi) is 6.65. The fraction of sp³-hybridized carbons (Fsp3) is 0.143. The van der Waals surface area contributed by atoms with Crippen LogP contribution in [0.25, 0.3) is 0 Å². The van der Waals surface area contributed by atoms with Crippen molar-refractivity contribution in [1.29, 1.82) is 5.26 Å². The van der Waals surface area contributed by atoms with Crippen molar-refractivity contribution in [3.8, 4) is 17.6 Å². The maximum absolute atomic E-state index is 9.26. The van der Waals surface area contributed by atoms with Crippen molar-refractivity contribution >= 4 is 11.4 Å². The zero-order valence-electron chi connectivity index (χ0n) is 26.1. The third-order valence-corrected chi connectivity index (χ3v) is 10.0. The van der Waals surface area contributed by atoms with Gasteiger partial charge in [-0.1, -0.05) is 66.8 Å². The number of dihydropyridines is 2. The number of allylic oxidation sites excluding steroid dienone is 5. The Morgan fingerprint density at radius 1 is 0.750 bits per heavy atom. The van der Waals surface area contributed by atoms with E-state index in [4.69, 9.17) is 19.7 Å². The SMILES string of the molecule is N#Cc1ccc(C2=NC3C(=CC=C4C=CC(c5ccc6c(c5)C(c5ccccn5)(C5CCC=CN5)c5ccccc5O6)=NC43)C=C2)cc1. The van der Waals surface area contributed by atoms with Gasteiger partial charge in [0.05, 0.1) is 34.2 Å². The van der Waals surface area contributed by atoms with Gasteiger partial charge in [0.15, 0.2) is 0 Å². The Bertz CT molecular complexity index is 2210. The minimum atomic E-state index is -0.592. The van der Waals surface area contributed by atoms with Crippen molar-refractivity contribution in [1.82, 2.24) is 10.3 Å². The van der Waals surface area contributed by atoms with Gasteiger partial charge in [-0.2, -0.15) is 5.26 Å². The summed E-state index contributed by atoms with van der Waals surface area (Å²) in [6, 6.07) is 30.6. The number of ether oxygens (including phenoxy) is 1. The van der Waals surface area contributed by atoms with E-state index in [0.717, 1.165) is 74.9 Å². The van der Waals surface area contributed by atoms with Crippen molar-refractivity contribution in [3.05, 3.63) is 185 Å².